The van der Waals surface area contributed by atoms with E-state index in [1.54, 1.807) is 6.21 Å². The summed E-state index contributed by atoms with van der Waals surface area (Å²) >= 11 is 1.03. The molecule has 0 unspecified atom stereocenters. The number of carbonyl (C=O) groups excluding carboxylic acids is 2. The van der Waals surface area contributed by atoms with Crippen molar-refractivity contribution in [3.05, 3.63) is 40.3 Å². The number of nitrogens with zero attached hydrogens (tertiary/aromatic N) is 2. The molecule has 1 aromatic carbocycles. The number of benzene rings is 1. The van der Waals surface area contributed by atoms with Crippen LogP contribution >= 0.6 is 11.8 Å². The van der Waals surface area contributed by atoms with Gasteiger partial charge in [0.15, 0.2) is 5.17 Å². The number of amidine groups is 1. The number of ether oxygens (including phenoxy) is 2. The Bertz CT molecular complexity index is 787. The predicted molar refractivity (Wildman–Crippen MR) is 107 cm³/mol. The predicted octanol–water partition coefficient (Wildman–Crippen LogP) is 3.17. The number of methoxy groups -OCH3 is 1. The topological polar surface area (TPSA) is 89.4 Å². The third-order valence-corrected chi connectivity index (χ3v) is 4.56. The molecule has 1 fully saturated rings. The van der Waals surface area contributed by atoms with Gasteiger partial charge in [-0.25, -0.2) is 4.79 Å². The number of hydrogen-bond acceptors (Lipinski definition) is 7. The molecule has 0 radical (unpaired) electrons. The minimum atomic E-state index is -0.593. The Morgan fingerprint density at radius 2 is 2.15 bits per heavy atom. The average Bonchev–Trinajstić information content (AvgIpc) is 2.99. The van der Waals surface area contributed by atoms with E-state index in [9.17, 15) is 9.59 Å². The Labute approximate surface area is 162 Å². The lowest BCUT2D eigenvalue weighted by Crippen LogP contribution is -2.19. The molecule has 144 valence electrons. The van der Waals surface area contributed by atoms with Crippen molar-refractivity contribution in [2.24, 2.45) is 10.2 Å². The molecule has 8 heteroatoms. The fraction of sp³-hybridized carbons (Fsp3) is 0.368. The molecule has 2 rings (SSSR count). The number of rotatable bonds is 8. The summed E-state index contributed by atoms with van der Waals surface area (Å²) in [7, 11) is 1.25. The SMILES string of the molecule is CCCCCOc1ccc(C=N/N=C2/NC(=O)/C(=C\C(=O)OC)S2)cc1C. The highest BCUT2D eigenvalue weighted by Crippen LogP contribution is 2.23. The van der Waals surface area contributed by atoms with Gasteiger partial charge < -0.3 is 9.47 Å². The first kappa shape index (κ1) is 20.7. The Hall–Kier alpha value is -2.61. The van der Waals surface area contributed by atoms with Crippen LogP contribution in [0.4, 0.5) is 0 Å². The van der Waals surface area contributed by atoms with Gasteiger partial charge in [-0.2, -0.15) is 5.10 Å². The van der Waals surface area contributed by atoms with Crippen molar-refractivity contribution >= 4 is 35.0 Å². The highest BCUT2D eigenvalue weighted by atomic mass is 32.2. The Balaban J connectivity index is 1.95. The molecule has 0 aromatic heterocycles. The number of thioether (sulfide) groups is 1. The maximum atomic E-state index is 11.7. The first-order valence-corrected chi connectivity index (χ1v) is 9.48. The zero-order chi connectivity index (χ0) is 19.6. The van der Waals surface area contributed by atoms with Crippen LogP contribution < -0.4 is 10.1 Å². The second-order valence-electron chi connectivity index (χ2n) is 5.82. The number of nitrogens with one attached hydrogen (secondary N) is 1. The van der Waals surface area contributed by atoms with Gasteiger partial charge in [-0.15, -0.1) is 5.10 Å². The number of amides is 1. The minimum Gasteiger partial charge on any atom is -0.493 e. The minimum absolute atomic E-state index is 0.219. The molecule has 1 N–H and O–H groups in total. The molecule has 1 aliphatic heterocycles. The molecular weight excluding hydrogens is 366 g/mol. The maximum Gasteiger partial charge on any atom is 0.331 e. The molecule has 0 spiro atoms. The van der Waals surface area contributed by atoms with Crippen LogP contribution in [0.3, 0.4) is 0 Å². The molecular formula is C19H23N3O4S. The normalized spacial score (nSPS) is 16.9. The van der Waals surface area contributed by atoms with Crippen LogP contribution in [0.5, 0.6) is 5.75 Å². The number of hydrogen-bond donors (Lipinski definition) is 1. The second kappa shape index (κ2) is 10.5. The average molecular weight is 389 g/mol. The van der Waals surface area contributed by atoms with Crippen LogP contribution in [-0.2, 0) is 14.3 Å². The molecule has 1 amide bonds. The molecule has 0 bridgehead atoms. The van der Waals surface area contributed by atoms with Gasteiger partial charge >= 0.3 is 5.97 Å². The summed E-state index contributed by atoms with van der Waals surface area (Å²) in [6.07, 6.45) is 6.09. The Morgan fingerprint density at radius 1 is 1.33 bits per heavy atom. The van der Waals surface area contributed by atoms with E-state index in [1.165, 1.54) is 13.5 Å². The first-order valence-electron chi connectivity index (χ1n) is 8.66. The summed E-state index contributed by atoms with van der Waals surface area (Å²) in [5.41, 5.74) is 1.90. The van der Waals surface area contributed by atoms with E-state index in [0.717, 1.165) is 47.6 Å². The van der Waals surface area contributed by atoms with E-state index in [1.807, 2.05) is 25.1 Å². The van der Waals surface area contributed by atoms with Crippen molar-refractivity contribution in [2.75, 3.05) is 13.7 Å². The third-order valence-electron chi connectivity index (χ3n) is 3.66. The van der Waals surface area contributed by atoms with Crippen molar-refractivity contribution in [2.45, 2.75) is 33.1 Å². The second-order valence-corrected chi connectivity index (χ2v) is 6.85. The van der Waals surface area contributed by atoms with Crippen molar-refractivity contribution in [1.29, 1.82) is 0 Å². The fourth-order valence-corrected chi connectivity index (χ4v) is 2.98. The molecule has 0 saturated carbocycles. The van der Waals surface area contributed by atoms with Gasteiger partial charge in [-0.1, -0.05) is 19.8 Å². The van der Waals surface area contributed by atoms with Crippen LogP contribution in [-0.4, -0.2) is 37.0 Å². The van der Waals surface area contributed by atoms with E-state index in [2.05, 4.69) is 27.2 Å². The van der Waals surface area contributed by atoms with E-state index < -0.39 is 11.9 Å². The highest BCUT2D eigenvalue weighted by Gasteiger charge is 2.24. The molecule has 1 heterocycles. The Morgan fingerprint density at radius 3 is 2.85 bits per heavy atom. The van der Waals surface area contributed by atoms with Crippen molar-refractivity contribution in [1.82, 2.24) is 5.32 Å². The number of esters is 1. The van der Waals surface area contributed by atoms with Gasteiger partial charge in [-0.3, -0.25) is 10.1 Å². The number of aryl methyl sites for hydroxylation is 1. The largest absolute Gasteiger partial charge is 0.493 e. The van der Waals surface area contributed by atoms with Crippen LogP contribution in [0.25, 0.3) is 0 Å². The van der Waals surface area contributed by atoms with E-state index in [-0.39, 0.29) is 4.91 Å². The standard InChI is InChI=1S/C19H23N3O4S/c1-4-5-6-9-26-15-8-7-14(10-13(15)2)12-20-22-19-21-18(24)16(27-19)11-17(23)25-3/h7-8,10-12H,4-6,9H2,1-3H3,(H,21,22,24)/b16-11+,20-12?. The molecule has 1 aliphatic rings. The van der Waals surface area contributed by atoms with Gasteiger partial charge in [0.25, 0.3) is 5.91 Å². The molecule has 0 aliphatic carbocycles. The third kappa shape index (κ3) is 6.56. The van der Waals surface area contributed by atoms with Gasteiger partial charge in [0.05, 0.1) is 24.8 Å². The lowest BCUT2D eigenvalue weighted by Gasteiger charge is -2.09. The Kier molecular flexibility index (Phi) is 8.06. The van der Waals surface area contributed by atoms with Crippen LogP contribution in [0.2, 0.25) is 0 Å². The lowest BCUT2D eigenvalue weighted by molar-refractivity contribution is -0.135. The first-order chi connectivity index (χ1) is 13.0. The lowest BCUT2D eigenvalue weighted by atomic mass is 10.1. The van der Waals surface area contributed by atoms with Crippen molar-refractivity contribution < 1.29 is 19.1 Å². The van der Waals surface area contributed by atoms with E-state index in [4.69, 9.17) is 4.74 Å². The van der Waals surface area contributed by atoms with Crippen molar-refractivity contribution in [3.8, 4) is 5.75 Å². The zero-order valence-electron chi connectivity index (χ0n) is 15.7. The van der Waals surface area contributed by atoms with E-state index in [0.29, 0.717) is 11.8 Å². The molecule has 7 nitrogen and oxygen atoms in total. The number of unbranched alkanes of at least 4 members (excludes halogenated alkanes) is 2. The smallest absolute Gasteiger partial charge is 0.331 e. The summed E-state index contributed by atoms with van der Waals surface area (Å²) in [6.45, 7) is 4.86. The summed E-state index contributed by atoms with van der Waals surface area (Å²) < 4.78 is 10.3. The monoisotopic (exact) mass is 389 g/mol. The quantitative estimate of drug-likeness (QED) is 0.242. The van der Waals surface area contributed by atoms with Gasteiger partial charge in [0.2, 0.25) is 0 Å². The molecule has 1 saturated heterocycles. The van der Waals surface area contributed by atoms with Crippen LogP contribution in [0.15, 0.2) is 39.4 Å². The summed E-state index contributed by atoms with van der Waals surface area (Å²) in [5, 5.41) is 10.8. The van der Waals surface area contributed by atoms with Crippen molar-refractivity contribution in [3.63, 3.8) is 0 Å². The fourth-order valence-electron chi connectivity index (χ4n) is 2.24. The summed E-state index contributed by atoms with van der Waals surface area (Å²) in [4.78, 5) is 23.1. The van der Waals surface area contributed by atoms with Crippen LogP contribution in [0.1, 0.15) is 37.3 Å². The van der Waals surface area contributed by atoms with Gasteiger partial charge in [0, 0.05) is 6.08 Å². The molecule has 1 aromatic rings. The summed E-state index contributed by atoms with van der Waals surface area (Å²) in [5.74, 6) is -0.129. The number of carbonyl (C=O) groups is 2. The van der Waals surface area contributed by atoms with E-state index >= 15 is 0 Å². The van der Waals surface area contributed by atoms with Crippen LogP contribution in [0, 0.1) is 6.92 Å². The van der Waals surface area contributed by atoms with Gasteiger partial charge in [0.1, 0.15) is 5.75 Å². The summed E-state index contributed by atoms with van der Waals surface area (Å²) in [6, 6.07) is 5.77. The molecule has 27 heavy (non-hydrogen) atoms. The van der Waals surface area contributed by atoms with Gasteiger partial charge in [-0.05, 0) is 54.4 Å². The maximum absolute atomic E-state index is 11.7. The highest BCUT2D eigenvalue weighted by molar-refractivity contribution is 8.18. The molecule has 0 atom stereocenters. The zero-order valence-corrected chi connectivity index (χ0v) is 16.5.